The lowest BCUT2D eigenvalue weighted by Crippen LogP contribution is -2.49. The van der Waals surface area contributed by atoms with Crippen molar-refractivity contribution in [3.8, 4) is 0 Å². The van der Waals surface area contributed by atoms with E-state index in [9.17, 15) is 18.0 Å². The number of imide groups is 1. The second-order valence-corrected chi connectivity index (χ2v) is 11.2. The van der Waals surface area contributed by atoms with Gasteiger partial charge in [0.05, 0.1) is 16.8 Å². The van der Waals surface area contributed by atoms with Crippen molar-refractivity contribution in [3.63, 3.8) is 0 Å². The largest absolute Gasteiger partial charge is 0.268 e. The van der Waals surface area contributed by atoms with Crippen LogP contribution < -0.4 is 4.90 Å². The molecule has 5 rings (SSSR count). The number of rotatable bonds is 5. The molecule has 0 bridgehead atoms. The molecule has 0 aromatic heterocycles. The number of hydrogen-bond donors (Lipinski definition) is 0. The Labute approximate surface area is 195 Å². The van der Waals surface area contributed by atoms with Crippen LogP contribution in [0, 0.1) is 0 Å². The van der Waals surface area contributed by atoms with Crippen molar-refractivity contribution in [3.05, 3.63) is 59.7 Å². The summed E-state index contributed by atoms with van der Waals surface area (Å²) in [7, 11) is -3.92. The highest BCUT2D eigenvalue weighted by atomic mass is 32.2. The van der Waals surface area contributed by atoms with Crippen molar-refractivity contribution in [2.24, 2.45) is 0 Å². The fraction of sp³-hybridized carbons (Fsp3) is 0.462. The number of sulfonamides is 1. The molecule has 2 aromatic carbocycles. The molecule has 7 heteroatoms. The minimum Gasteiger partial charge on any atom is -0.268 e. The van der Waals surface area contributed by atoms with Gasteiger partial charge in [-0.2, -0.15) is 4.31 Å². The Morgan fingerprint density at radius 3 is 1.64 bits per heavy atom. The van der Waals surface area contributed by atoms with E-state index in [0.717, 1.165) is 69.1 Å². The van der Waals surface area contributed by atoms with E-state index in [2.05, 4.69) is 0 Å². The number of nitrogens with zero attached hydrogens (tertiary/aromatic N) is 2. The van der Waals surface area contributed by atoms with Gasteiger partial charge in [-0.3, -0.25) is 9.59 Å². The smallest absolute Gasteiger partial charge is 0.266 e. The molecule has 2 amide bonds. The zero-order chi connectivity index (χ0) is 23.0. The summed E-state index contributed by atoms with van der Waals surface area (Å²) in [5, 5.41) is 0. The molecule has 3 aliphatic rings. The van der Waals surface area contributed by atoms with Crippen LogP contribution in [0.5, 0.6) is 0 Å². The lowest BCUT2D eigenvalue weighted by atomic mass is 9.91. The fourth-order valence-electron chi connectivity index (χ4n) is 5.74. The van der Waals surface area contributed by atoms with Gasteiger partial charge in [0.2, 0.25) is 10.0 Å². The molecule has 2 fully saturated rings. The Morgan fingerprint density at radius 2 is 1.12 bits per heavy atom. The summed E-state index contributed by atoms with van der Waals surface area (Å²) >= 11 is 0. The van der Waals surface area contributed by atoms with Crippen molar-refractivity contribution in [1.82, 2.24) is 4.31 Å². The molecule has 2 saturated carbocycles. The molecule has 2 aromatic rings. The predicted octanol–water partition coefficient (Wildman–Crippen LogP) is 5.14. The summed E-state index contributed by atoms with van der Waals surface area (Å²) in [6.45, 7) is 0. The summed E-state index contributed by atoms with van der Waals surface area (Å²) in [4.78, 5) is 27.4. The first-order chi connectivity index (χ1) is 16.0. The van der Waals surface area contributed by atoms with Gasteiger partial charge < -0.3 is 0 Å². The molecule has 0 N–H and O–H groups in total. The lowest BCUT2D eigenvalue weighted by molar-refractivity contribution is 0.0925. The Morgan fingerprint density at radius 1 is 0.667 bits per heavy atom. The highest BCUT2D eigenvalue weighted by Gasteiger charge is 2.43. The van der Waals surface area contributed by atoms with Gasteiger partial charge in [0.1, 0.15) is 4.90 Å². The van der Waals surface area contributed by atoms with E-state index >= 15 is 0 Å². The van der Waals surface area contributed by atoms with Crippen LogP contribution in [0.3, 0.4) is 0 Å². The van der Waals surface area contributed by atoms with E-state index in [1.807, 2.05) is 0 Å². The quantitative estimate of drug-likeness (QED) is 0.572. The molecule has 0 unspecified atom stereocenters. The SMILES string of the molecule is O=C1c2ccccc2C(=O)N1c1ccccc1S(=O)(=O)N(C1CCCCC1)C1CCCCC1. The first kappa shape index (κ1) is 22.3. The van der Waals surface area contributed by atoms with Crippen LogP contribution in [0.4, 0.5) is 5.69 Å². The first-order valence-electron chi connectivity index (χ1n) is 12.1. The van der Waals surface area contributed by atoms with Crippen LogP contribution in [0.25, 0.3) is 0 Å². The third kappa shape index (κ3) is 3.91. The van der Waals surface area contributed by atoms with Gasteiger partial charge in [-0.15, -0.1) is 0 Å². The standard InChI is InChI=1S/C26H30N2O4S/c29-25-21-15-7-8-16-22(21)26(30)27(25)23-17-9-10-18-24(23)33(31,32)28(19-11-3-1-4-12-19)20-13-5-2-6-14-20/h7-10,15-20H,1-6,11-14H2. The molecular formula is C26H30N2O4S. The average Bonchev–Trinajstić information content (AvgIpc) is 3.10. The number of carbonyl (C=O) groups is 2. The number of amides is 2. The third-order valence-corrected chi connectivity index (χ3v) is 9.38. The van der Waals surface area contributed by atoms with Crippen molar-refractivity contribution < 1.29 is 18.0 Å². The second kappa shape index (κ2) is 9.03. The molecule has 0 saturated heterocycles. The van der Waals surface area contributed by atoms with Crippen LogP contribution in [0.2, 0.25) is 0 Å². The number of hydrogen-bond acceptors (Lipinski definition) is 4. The maximum Gasteiger partial charge on any atom is 0.266 e. The summed E-state index contributed by atoms with van der Waals surface area (Å²) < 4.78 is 30.3. The maximum atomic E-state index is 14.3. The fourth-order valence-corrected chi connectivity index (χ4v) is 7.85. The number of para-hydroxylation sites is 1. The third-order valence-electron chi connectivity index (χ3n) is 7.32. The number of benzene rings is 2. The van der Waals surface area contributed by atoms with E-state index in [4.69, 9.17) is 0 Å². The molecule has 174 valence electrons. The Hall–Kier alpha value is -2.51. The summed E-state index contributed by atoms with van der Waals surface area (Å²) in [5.74, 6) is -0.944. The van der Waals surface area contributed by atoms with Crippen LogP contribution in [0.15, 0.2) is 53.4 Å². The molecular weight excluding hydrogens is 436 g/mol. The predicted molar refractivity (Wildman–Crippen MR) is 127 cm³/mol. The van der Waals surface area contributed by atoms with Crippen LogP contribution >= 0.6 is 0 Å². The van der Waals surface area contributed by atoms with Gasteiger partial charge in [0, 0.05) is 12.1 Å². The van der Waals surface area contributed by atoms with E-state index in [1.54, 1.807) is 52.8 Å². The van der Waals surface area contributed by atoms with Crippen LogP contribution in [-0.2, 0) is 10.0 Å². The van der Waals surface area contributed by atoms with Crippen molar-refractivity contribution in [2.45, 2.75) is 81.2 Å². The van der Waals surface area contributed by atoms with Crippen LogP contribution in [-0.4, -0.2) is 36.6 Å². The topological polar surface area (TPSA) is 74.8 Å². The Kier molecular flexibility index (Phi) is 6.10. The number of fused-ring (bicyclic) bond motifs is 1. The maximum absolute atomic E-state index is 14.3. The van der Waals surface area contributed by atoms with Gasteiger partial charge in [0.25, 0.3) is 11.8 Å². The number of carbonyl (C=O) groups excluding carboxylic acids is 2. The molecule has 2 aliphatic carbocycles. The van der Waals surface area contributed by atoms with E-state index in [0.29, 0.717) is 11.1 Å². The molecule has 1 heterocycles. The van der Waals surface area contributed by atoms with Gasteiger partial charge in [-0.25, -0.2) is 13.3 Å². The van der Waals surface area contributed by atoms with Crippen molar-refractivity contribution >= 4 is 27.5 Å². The van der Waals surface area contributed by atoms with Gasteiger partial charge in [-0.05, 0) is 49.9 Å². The highest BCUT2D eigenvalue weighted by molar-refractivity contribution is 7.89. The Balaban J connectivity index is 1.58. The van der Waals surface area contributed by atoms with Gasteiger partial charge in [-0.1, -0.05) is 62.8 Å². The normalized spacial score (nSPS) is 20.5. The Bertz CT molecular complexity index is 1110. The molecule has 33 heavy (non-hydrogen) atoms. The van der Waals surface area contributed by atoms with Gasteiger partial charge in [0.15, 0.2) is 0 Å². The zero-order valence-corrected chi connectivity index (χ0v) is 19.6. The second-order valence-electron chi connectivity index (χ2n) is 9.38. The summed E-state index contributed by atoms with van der Waals surface area (Å²) in [6, 6.07) is 13.1. The minimum absolute atomic E-state index is 0.0258. The monoisotopic (exact) mass is 466 g/mol. The molecule has 0 atom stereocenters. The molecule has 0 radical (unpaired) electrons. The minimum atomic E-state index is -3.92. The first-order valence-corrected chi connectivity index (χ1v) is 13.5. The number of anilines is 1. The average molecular weight is 467 g/mol. The molecule has 6 nitrogen and oxygen atoms in total. The molecule has 1 aliphatic heterocycles. The summed E-state index contributed by atoms with van der Waals surface area (Å²) in [5.41, 5.74) is 0.776. The zero-order valence-electron chi connectivity index (χ0n) is 18.8. The molecule has 0 spiro atoms. The van der Waals surface area contributed by atoms with Crippen molar-refractivity contribution in [1.29, 1.82) is 0 Å². The summed E-state index contributed by atoms with van der Waals surface area (Å²) in [6.07, 6.45) is 9.87. The highest BCUT2D eigenvalue weighted by Crippen LogP contribution is 2.39. The van der Waals surface area contributed by atoms with Crippen LogP contribution in [0.1, 0.15) is 84.9 Å². The van der Waals surface area contributed by atoms with Crippen molar-refractivity contribution in [2.75, 3.05) is 4.90 Å². The van der Waals surface area contributed by atoms with Gasteiger partial charge >= 0.3 is 0 Å². The lowest BCUT2D eigenvalue weighted by Gasteiger charge is -2.41. The van der Waals surface area contributed by atoms with E-state index in [-0.39, 0.29) is 22.7 Å². The van der Waals surface area contributed by atoms with E-state index < -0.39 is 21.8 Å². The van der Waals surface area contributed by atoms with E-state index in [1.165, 1.54) is 0 Å².